The molecule has 0 amide bonds. The zero-order valence-electron chi connectivity index (χ0n) is 8.10. The van der Waals surface area contributed by atoms with Gasteiger partial charge in [0.25, 0.3) is 5.69 Å². The highest BCUT2D eigenvalue weighted by Gasteiger charge is 2.18. The lowest BCUT2D eigenvalue weighted by Gasteiger charge is -2.15. The summed E-state index contributed by atoms with van der Waals surface area (Å²) in [5.74, 6) is 0. The monoisotopic (exact) mass is 196 g/mol. The van der Waals surface area contributed by atoms with Gasteiger partial charge in [-0.1, -0.05) is 12.1 Å². The number of anilines is 1. The molecule has 0 saturated carbocycles. The van der Waals surface area contributed by atoms with Crippen molar-refractivity contribution in [2.75, 3.05) is 19.0 Å². The van der Waals surface area contributed by atoms with Crippen LogP contribution in [0.5, 0.6) is 0 Å². The summed E-state index contributed by atoms with van der Waals surface area (Å²) in [5.41, 5.74) is 1.03. The van der Waals surface area contributed by atoms with E-state index >= 15 is 0 Å². The summed E-state index contributed by atoms with van der Waals surface area (Å²) in [6.45, 7) is -0.199. The molecule has 0 aliphatic heterocycles. The number of nitro groups is 1. The Morgan fingerprint density at radius 2 is 2.14 bits per heavy atom. The summed E-state index contributed by atoms with van der Waals surface area (Å²) in [4.78, 5) is 11.9. The van der Waals surface area contributed by atoms with Crippen LogP contribution in [-0.4, -0.2) is 24.1 Å². The van der Waals surface area contributed by atoms with E-state index in [0.717, 1.165) is 0 Å². The second-order valence-electron chi connectivity index (χ2n) is 3.09. The molecule has 5 nitrogen and oxygen atoms in total. The van der Waals surface area contributed by atoms with Crippen LogP contribution >= 0.6 is 0 Å². The Labute approximate surface area is 81.7 Å². The Morgan fingerprint density at radius 1 is 1.50 bits per heavy atom. The Balaban J connectivity index is 3.35. The van der Waals surface area contributed by atoms with Crippen molar-refractivity contribution in [3.63, 3.8) is 0 Å². The van der Waals surface area contributed by atoms with E-state index in [2.05, 4.69) is 0 Å². The van der Waals surface area contributed by atoms with E-state index in [1.165, 1.54) is 6.07 Å². The quantitative estimate of drug-likeness (QED) is 0.581. The van der Waals surface area contributed by atoms with E-state index in [1.807, 2.05) is 0 Å². The molecule has 0 heterocycles. The van der Waals surface area contributed by atoms with Crippen LogP contribution in [0.1, 0.15) is 5.56 Å². The van der Waals surface area contributed by atoms with E-state index in [0.29, 0.717) is 11.3 Å². The number of aliphatic hydroxyl groups excluding tert-OH is 1. The maximum absolute atomic E-state index is 10.7. The van der Waals surface area contributed by atoms with Crippen molar-refractivity contribution in [3.05, 3.63) is 33.9 Å². The topological polar surface area (TPSA) is 66.6 Å². The van der Waals surface area contributed by atoms with Gasteiger partial charge >= 0.3 is 0 Å². The van der Waals surface area contributed by atoms with Gasteiger partial charge in [-0.2, -0.15) is 0 Å². The lowest BCUT2D eigenvalue weighted by Crippen LogP contribution is -2.13. The summed E-state index contributed by atoms with van der Waals surface area (Å²) in [6, 6.07) is 4.66. The van der Waals surface area contributed by atoms with Gasteiger partial charge in [0.1, 0.15) is 5.69 Å². The van der Waals surface area contributed by atoms with Crippen molar-refractivity contribution < 1.29 is 10.0 Å². The van der Waals surface area contributed by atoms with Crippen LogP contribution in [0.3, 0.4) is 0 Å². The van der Waals surface area contributed by atoms with Crippen LogP contribution in [0.4, 0.5) is 11.4 Å². The third kappa shape index (κ3) is 1.82. The fourth-order valence-corrected chi connectivity index (χ4v) is 1.37. The van der Waals surface area contributed by atoms with E-state index in [-0.39, 0.29) is 12.3 Å². The largest absolute Gasteiger partial charge is 0.392 e. The van der Waals surface area contributed by atoms with Gasteiger partial charge in [0, 0.05) is 25.7 Å². The third-order valence-corrected chi connectivity index (χ3v) is 1.91. The molecule has 0 radical (unpaired) electrons. The molecule has 0 atom stereocenters. The van der Waals surface area contributed by atoms with E-state index in [9.17, 15) is 10.1 Å². The van der Waals surface area contributed by atoms with Crippen LogP contribution in [0.2, 0.25) is 0 Å². The van der Waals surface area contributed by atoms with Gasteiger partial charge in [-0.3, -0.25) is 10.1 Å². The molecule has 0 aliphatic carbocycles. The molecule has 0 unspecified atom stereocenters. The molecule has 0 aliphatic rings. The fraction of sp³-hybridized carbons (Fsp3) is 0.333. The smallest absolute Gasteiger partial charge is 0.292 e. The molecule has 1 N–H and O–H groups in total. The van der Waals surface area contributed by atoms with Crippen molar-refractivity contribution in [3.8, 4) is 0 Å². The van der Waals surface area contributed by atoms with Gasteiger partial charge in [-0.25, -0.2) is 0 Å². The lowest BCUT2D eigenvalue weighted by atomic mass is 10.1. The first-order valence-electron chi connectivity index (χ1n) is 4.12. The van der Waals surface area contributed by atoms with E-state index in [1.54, 1.807) is 31.1 Å². The summed E-state index contributed by atoms with van der Waals surface area (Å²) < 4.78 is 0. The molecule has 14 heavy (non-hydrogen) atoms. The first-order chi connectivity index (χ1) is 6.57. The summed E-state index contributed by atoms with van der Waals surface area (Å²) in [6.07, 6.45) is 0. The van der Waals surface area contributed by atoms with Gasteiger partial charge in [-0.15, -0.1) is 0 Å². The van der Waals surface area contributed by atoms with Crippen LogP contribution < -0.4 is 4.90 Å². The normalized spacial score (nSPS) is 9.93. The highest BCUT2D eigenvalue weighted by molar-refractivity contribution is 5.67. The summed E-state index contributed by atoms with van der Waals surface area (Å²) in [5, 5.41) is 19.7. The Kier molecular flexibility index (Phi) is 3.03. The maximum atomic E-state index is 10.7. The minimum absolute atomic E-state index is 0.0153. The average Bonchev–Trinajstić information content (AvgIpc) is 2.16. The predicted molar refractivity (Wildman–Crippen MR) is 53.3 cm³/mol. The summed E-state index contributed by atoms with van der Waals surface area (Å²) >= 11 is 0. The first kappa shape index (κ1) is 10.5. The maximum Gasteiger partial charge on any atom is 0.292 e. The molecule has 1 aromatic rings. The van der Waals surface area contributed by atoms with Crippen LogP contribution in [0.25, 0.3) is 0 Å². The van der Waals surface area contributed by atoms with Gasteiger partial charge in [0.15, 0.2) is 0 Å². The molecule has 0 saturated heterocycles. The highest BCUT2D eigenvalue weighted by Crippen LogP contribution is 2.30. The number of aliphatic hydroxyl groups is 1. The van der Waals surface area contributed by atoms with Crippen LogP contribution in [0.15, 0.2) is 18.2 Å². The molecule has 0 aromatic heterocycles. The predicted octanol–water partition coefficient (Wildman–Crippen LogP) is 1.15. The number of nitro benzene ring substituents is 1. The average molecular weight is 196 g/mol. The highest BCUT2D eigenvalue weighted by atomic mass is 16.6. The number of benzene rings is 1. The van der Waals surface area contributed by atoms with E-state index in [4.69, 9.17) is 5.11 Å². The van der Waals surface area contributed by atoms with Crippen molar-refractivity contribution in [2.24, 2.45) is 0 Å². The number of para-hydroxylation sites is 1. The van der Waals surface area contributed by atoms with E-state index < -0.39 is 4.92 Å². The summed E-state index contributed by atoms with van der Waals surface area (Å²) in [7, 11) is 3.42. The Hall–Kier alpha value is -1.62. The standard InChI is InChI=1S/C9H12N2O3/c1-10(2)9-7(6-12)4-3-5-8(9)11(13)14/h3-5,12H,6H2,1-2H3. The third-order valence-electron chi connectivity index (χ3n) is 1.91. The molecule has 1 rings (SSSR count). The Morgan fingerprint density at radius 3 is 2.57 bits per heavy atom. The van der Waals surface area contributed by atoms with Gasteiger partial charge < -0.3 is 10.0 Å². The first-order valence-corrected chi connectivity index (χ1v) is 4.12. The van der Waals surface area contributed by atoms with Crippen molar-refractivity contribution in [1.29, 1.82) is 0 Å². The number of nitrogens with zero attached hydrogens (tertiary/aromatic N) is 2. The van der Waals surface area contributed by atoms with Crippen molar-refractivity contribution in [2.45, 2.75) is 6.61 Å². The number of rotatable bonds is 3. The minimum atomic E-state index is -0.450. The van der Waals surface area contributed by atoms with Gasteiger partial charge in [-0.05, 0) is 0 Å². The molecular formula is C9H12N2O3. The minimum Gasteiger partial charge on any atom is -0.392 e. The second kappa shape index (κ2) is 4.06. The molecule has 5 heteroatoms. The zero-order chi connectivity index (χ0) is 10.7. The fourth-order valence-electron chi connectivity index (χ4n) is 1.37. The molecule has 0 spiro atoms. The second-order valence-corrected chi connectivity index (χ2v) is 3.09. The lowest BCUT2D eigenvalue weighted by molar-refractivity contribution is -0.384. The molecule has 0 fully saturated rings. The van der Waals surface area contributed by atoms with Gasteiger partial charge in [0.2, 0.25) is 0 Å². The van der Waals surface area contributed by atoms with Crippen molar-refractivity contribution >= 4 is 11.4 Å². The molecule has 1 aromatic carbocycles. The van der Waals surface area contributed by atoms with Crippen molar-refractivity contribution in [1.82, 2.24) is 0 Å². The zero-order valence-corrected chi connectivity index (χ0v) is 8.10. The molecule has 76 valence electrons. The number of hydrogen-bond donors (Lipinski definition) is 1. The van der Waals surface area contributed by atoms with Gasteiger partial charge in [0.05, 0.1) is 11.5 Å². The molecular weight excluding hydrogens is 184 g/mol. The Bertz CT molecular complexity index is 350. The van der Waals surface area contributed by atoms with Crippen LogP contribution in [-0.2, 0) is 6.61 Å². The SMILES string of the molecule is CN(C)c1c(CO)cccc1[N+](=O)[O-]. The van der Waals surface area contributed by atoms with Crippen LogP contribution in [0, 0.1) is 10.1 Å². The number of hydrogen-bond acceptors (Lipinski definition) is 4. The molecule has 0 bridgehead atoms.